The summed E-state index contributed by atoms with van der Waals surface area (Å²) in [5.74, 6) is 0. The summed E-state index contributed by atoms with van der Waals surface area (Å²) < 4.78 is 2.48. The largest absolute Gasteiger partial charge is 0.380 e. The molecule has 0 saturated heterocycles. The van der Waals surface area contributed by atoms with Gasteiger partial charge in [0.15, 0.2) is 0 Å². The molecule has 4 aromatic heterocycles. The van der Waals surface area contributed by atoms with E-state index in [4.69, 9.17) is 9.97 Å². The Kier molecular flexibility index (Phi) is 7.03. The Hall–Kier alpha value is -6.43. The lowest BCUT2D eigenvalue weighted by Crippen LogP contribution is -2.15. The molecule has 4 nitrogen and oxygen atoms in total. The monoisotopic (exact) mass is 670 g/mol. The van der Waals surface area contributed by atoms with Crippen LogP contribution < -0.4 is 5.32 Å². The lowest BCUT2D eigenvalue weighted by atomic mass is 9.93. The highest BCUT2D eigenvalue weighted by Gasteiger charge is 2.20. The van der Waals surface area contributed by atoms with Crippen LogP contribution in [-0.4, -0.2) is 21.5 Å². The molecule has 0 atom stereocenters. The molecule has 0 fully saturated rings. The molecule has 5 heteroatoms. The van der Waals surface area contributed by atoms with Crippen molar-refractivity contribution in [3.8, 4) is 44.9 Å². The lowest BCUT2D eigenvalue weighted by Gasteiger charge is -2.16. The molecule has 0 bridgehead atoms. The fourth-order valence-electron chi connectivity index (χ4n) is 7.37. The molecule has 5 heterocycles. The van der Waals surface area contributed by atoms with E-state index in [1.54, 1.807) is 0 Å². The summed E-state index contributed by atoms with van der Waals surface area (Å²) in [6, 6.07) is 49.6. The van der Waals surface area contributed by atoms with Gasteiger partial charge < -0.3 is 5.32 Å². The normalized spacial score (nSPS) is 12.8. The summed E-state index contributed by atoms with van der Waals surface area (Å²) in [6.07, 6.45) is 8.09. The van der Waals surface area contributed by atoms with Crippen LogP contribution in [0.25, 0.3) is 92.4 Å². The predicted molar refractivity (Wildman–Crippen MR) is 215 cm³/mol. The van der Waals surface area contributed by atoms with Crippen LogP contribution in [0.1, 0.15) is 5.69 Å². The number of fused-ring (bicyclic) bond motifs is 6. The van der Waals surface area contributed by atoms with Crippen molar-refractivity contribution in [3.63, 3.8) is 0 Å². The van der Waals surface area contributed by atoms with Gasteiger partial charge in [0.05, 0.1) is 38.7 Å². The van der Waals surface area contributed by atoms with E-state index >= 15 is 0 Å². The van der Waals surface area contributed by atoms with Crippen LogP contribution in [0, 0.1) is 0 Å². The van der Waals surface area contributed by atoms with Crippen LogP contribution in [0.5, 0.6) is 0 Å². The summed E-state index contributed by atoms with van der Waals surface area (Å²) in [5.41, 5.74) is 11.3. The molecule has 1 aliphatic rings. The Morgan fingerprint density at radius 3 is 2.25 bits per heavy atom. The van der Waals surface area contributed by atoms with Gasteiger partial charge in [-0.1, -0.05) is 109 Å². The van der Waals surface area contributed by atoms with Crippen LogP contribution in [0.2, 0.25) is 0 Å². The fourth-order valence-corrected chi connectivity index (χ4v) is 8.58. The summed E-state index contributed by atoms with van der Waals surface area (Å²) in [7, 11) is 0. The van der Waals surface area contributed by atoms with Gasteiger partial charge >= 0.3 is 0 Å². The number of nitrogens with zero attached hydrogens (tertiary/aromatic N) is 3. The zero-order chi connectivity index (χ0) is 33.7. The maximum absolute atomic E-state index is 5.47. The zero-order valence-electron chi connectivity index (χ0n) is 27.5. The summed E-state index contributed by atoms with van der Waals surface area (Å²) in [6.45, 7) is 0.773. The third-order valence-electron chi connectivity index (χ3n) is 9.72. The second-order valence-electron chi connectivity index (χ2n) is 12.8. The van der Waals surface area contributed by atoms with Crippen LogP contribution >= 0.6 is 11.3 Å². The minimum atomic E-state index is 0.773. The molecule has 1 N–H and O–H groups in total. The predicted octanol–water partition coefficient (Wildman–Crippen LogP) is 11.7. The fraction of sp³-hybridized carbons (Fsp3) is 0.0217. The van der Waals surface area contributed by atoms with Gasteiger partial charge in [-0.25, -0.2) is 9.97 Å². The van der Waals surface area contributed by atoms with Gasteiger partial charge in [0.25, 0.3) is 0 Å². The number of rotatable bonds is 5. The number of hydrogen-bond donors (Lipinski definition) is 1. The van der Waals surface area contributed by atoms with Crippen LogP contribution in [-0.2, 0) is 0 Å². The van der Waals surface area contributed by atoms with Crippen LogP contribution in [0.4, 0.5) is 0 Å². The maximum atomic E-state index is 5.47. The van der Waals surface area contributed by atoms with Crippen molar-refractivity contribution in [2.75, 3.05) is 6.54 Å². The quantitative estimate of drug-likeness (QED) is 0.198. The standard InChI is InChI=1S/C46H30N4S/c1-2-16-33-29(12-1)13-10-19-35(33)45-46-44(36-17-3-4-23-42(36)51-46)43-34(18-11-22-39(43)50-45)31-15-9-14-30(26-31)32-27-40(37-20-5-7-24-47-37)49-41(28-32)38-21-6-8-25-48-38/h1-24,26-28,48H,25H2. The van der Waals surface area contributed by atoms with E-state index in [0.29, 0.717) is 0 Å². The van der Waals surface area contributed by atoms with Gasteiger partial charge in [-0.15, -0.1) is 11.3 Å². The van der Waals surface area contributed by atoms with Crippen molar-refractivity contribution >= 4 is 58.9 Å². The van der Waals surface area contributed by atoms with Gasteiger partial charge in [-0.2, -0.15) is 0 Å². The van der Waals surface area contributed by atoms with Crippen LogP contribution in [0.15, 0.2) is 164 Å². The van der Waals surface area contributed by atoms with E-state index in [1.807, 2.05) is 35.7 Å². The molecule has 0 radical (unpaired) electrons. The number of pyridine rings is 3. The second-order valence-corrected chi connectivity index (χ2v) is 13.9. The Balaban J connectivity index is 1.20. The molecule has 0 saturated carbocycles. The van der Waals surface area contributed by atoms with Crippen molar-refractivity contribution in [1.29, 1.82) is 0 Å². The van der Waals surface area contributed by atoms with Crippen molar-refractivity contribution in [2.45, 2.75) is 0 Å². The van der Waals surface area contributed by atoms with E-state index in [-0.39, 0.29) is 0 Å². The molecule has 5 aromatic carbocycles. The Labute approximate surface area is 299 Å². The minimum Gasteiger partial charge on any atom is -0.380 e. The molecule has 9 aromatic rings. The first-order chi connectivity index (χ1) is 25.3. The van der Waals surface area contributed by atoms with Gasteiger partial charge in [-0.3, -0.25) is 4.98 Å². The first kappa shape index (κ1) is 29.5. The number of aromatic nitrogens is 3. The van der Waals surface area contributed by atoms with Crippen molar-refractivity contribution in [1.82, 2.24) is 20.3 Å². The second kappa shape index (κ2) is 12.2. The van der Waals surface area contributed by atoms with Gasteiger partial charge in [-0.05, 0) is 81.6 Å². The van der Waals surface area contributed by atoms with E-state index < -0.39 is 0 Å². The summed E-state index contributed by atoms with van der Waals surface area (Å²) in [5, 5.41) is 9.62. The SMILES string of the molecule is C1=CCNC(c2cc(-c3cccc(-c4cccc5nc(-c6cccc7ccccc67)c6sc7ccccc7c6c45)c3)cc(-c3ccccn3)n2)=C1. The minimum absolute atomic E-state index is 0.773. The average molecular weight is 671 g/mol. The molecule has 0 amide bonds. The first-order valence-corrected chi connectivity index (χ1v) is 18.0. The third kappa shape index (κ3) is 5.09. The van der Waals surface area contributed by atoms with E-state index in [0.717, 1.165) is 62.8 Å². The topological polar surface area (TPSA) is 50.7 Å². The molecule has 0 aliphatic carbocycles. The van der Waals surface area contributed by atoms with E-state index in [1.165, 1.54) is 41.9 Å². The van der Waals surface area contributed by atoms with E-state index in [2.05, 4.69) is 150 Å². The molecular formula is C46H30N4S. The molecular weight excluding hydrogens is 641 g/mol. The molecule has 240 valence electrons. The molecule has 1 aliphatic heterocycles. The Morgan fingerprint density at radius 2 is 1.35 bits per heavy atom. The third-order valence-corrected chi connectivity index (χ3v) is 10.9. The zero-order valence-corrected chi connectivity index (χ0v) is 28.4. The summed E-state index contributed by atoms with van der Waals surface area (Å²) >= 11 is 1.83. The van der Waals surface area contributed by atoms with Gasteiger partial charge in [0, 0.05) is 39.2 Å². The van der Waals surface area contributed by atoms with Crippen molar-refractivity contribution < 1.29 is 0 Å². The Morgan fingerprint density at radius 1 is 0.569 bits per heavy atom. The number of nitrogens with one attached hydrogen (secondary N) is 1. The van der Waals surface area contributed by atoms with Crippen molar-refractivity contribution in [3.05, 3.63) is 170 Å². The highest BCUT2D eigenvalue weighted by molar-refractivity contribution is 7.26. The molecule has 51 heavy (non-hydrogen) atoms. The van der Waals surface area contributed by atoms with Crippen LogP contribution in [0.3, 0.4) is 0 Å². The number of thiophene rings is 1. The highest BCUT2D eigenvalue weighted by Crippen LogP contribution is 2.46. The number of hydrogen-bond acceptors (Lipinski definition) is 5. The van der Waals surface area contributed by atoms with Gasteiger partial charge in [0.1, 0.15) is 0 Å². The van der Waals surface area contributed by atoms with E-state index in [9.17, 15) is 0 Å². The van der Waals surface area contributed by atoms with Crippen molar-refractivity contribution in [2.24, 2.45) is 0 Å². The maximum Gasteiger partial charge on any atom is 0.0900 e. The number of dihydropyridines is 1. The highest BCUT2D eigenvalue weighted by atomic mass is 32.1. The molecule has 0 spiro atoms. The smallest absolute Gasteiger partial charge is 0.0900 e. The summed E-state index contributed by atoms with van der Waals surface area (Å²) in [4.78, 5) is 15.2. The Bertz CT molecular complexity index is 2860. The average Bonchev–Trinajstić information content (AvgIpc) is 3.61. The van der Waals surface area contributed by atoms with Gasteiger partial charge in [0.2, 0.25) is 0 Å². The lowest BCUT2D eigenvalue weighted by molar-refractivity contribution is 0.981. The number of allylic oxidation sites excluding steroid dienone is 2. The number of benzene rings is 5. The molecule has 10 rings (SSSR count). The first-order valence-electron chi connectivity index (χ1n) is 17.2. The molecule has 0 unspecified atom stereocenters.